The minimum Gasteiger partial charge on any atom is -0.508 e. The summed E-state index contributed by atoms with van der Waals surface area (Å²) in [4.78, 5) is 12.9. The lowest BCUT2D eigenvalue weighted by molar-refractivity contribution is 0.0794. The van der Waals surface area contributed by atoms with Crippen molar-refractivity contribution in [1.29, 1.82) is 0 Å². The van der Waals surface area contributed by atoms with Crippen LogP contribution in [0, 0.1) is 11.8 Å². The molecule has 1 aromatic carbocycles. The second kappa shape index (κ2) is 13.8. The average Bonchev–Trinajstić information content (AvgIpc) is 2.66. The molecule has 158 valence electrons. The molecular weight excluding hydrogens is 344 g/mol. The predicted octanol–water partition coefficient (Wildman–Crippen LogP) is 8.08. The van der Waals surface area contributed by atoms with Crippen LogP contribution in [0.4, 0.5) is 0 Å². The third kappa shape index (κ3) is 8.37. The summed E-state index contributed by atoms with van der Waals surface area (Å²) in [5.41, 5.74) is 0.772. The van der Waals surface area contributed by atoms with Gasteiger partial charge in [0.05, 0.1) is 0 Å². The highest BCUT2D eigenvalue weighted by Gasteiger charge is 2.32. The summed E-state index contributed by atoms with van der Waals surface area (Å²) in [6, 6.07) is 6.83. The maximum absolute atomic E-state index is 12.9. The topological polar surface area (TPSA) is 37.3 Å². The maximum atomic E-state index is 12.9. The Morgan fingerprint density at radius 2 is 1.36 bits per heavy atom. The number of ketones is 1. The second-order valence-electron chi connectivity index (χ2n) is 8.89. The van der Waals surface area contributed by atoms with Crippen molar-refractivity contribution in [3.05, 3.63) is 29.8 Å². The highest BCUT2D eigenvalue weighted by atomic mass is 16.3. The van der Waals surface area contributed by atoms with Gasteiger partial charge in [-0.15, -0.1) is 0 Å². The van der Waals surface area contributed by atoms with Crippen molar-refractivity contribution >= 4 is 5.78 Å². The molecule has 0 aliphatic heterocycles. The van der Waals surface area contributed by atoms with Crippen LogP contribution in [0.25, 0.3) is 0 Å². The Hall–Kier alpha value is -1.31. The van der Waals surface area contributed by atoms with Crippen LogP contribution in [0.15, 0.2) is 24.3 Å². The van der Waals surface area contributed by atoms with E-state index in [2.05, 4.69) is 6.92 Å². The van der Waals surface area contributed by atoms with E-state index in [1.165, 1.54) is 96.3 Å². The normalized spacial score (nSPS) is 15.3. The Morgan fingerprint density at radius 1 is 0.857 bits per heavy atom. The Morgan fingerprint density at radius 3 is 1.82 bits per heavy atom. The van der Waals surface area contributed by atoms with Gasteiger partial charge in [-0.2, -0.15) is 0 Å². The van der Waals surface area contributed by atoms with E-state index in [1.54, 1.807) is 24.3 Å². The number of phenols is 1. The molecule has 0 saturated heterocycles. The smallest absolute Gasteiger partial charge is 0.166 e. The highest BCUT2D eigenvalue weighted by Crippen LogP contribution is 2.38. The Kier molecular flexibility index (Phi) is 11.3. The Labute approximate surface area is 173 Å². The third-order valence-electron chi connectivity index (χ3n) is 6.58. The predicted molar refractivity (Wildman–Crippen MR) is 119 cm³/mol. The standard InChI is InChI=1S/C26H42O2/c1-2-3-4-5-6-7-8-9-10-11-12-13-17-25(22-15-14-16-22)26(28)23-18-20-24(27)21-19-23/h18-22,25,27H,2-17H2,1H3. The summed E-state index contributed by atoms with van der Waals surface area (Å²) < 4.78 is 0. The van der Waals surface area contributed by atoms with Gasteiger partial charge in [0.25, 0.3) is 0 Å². The molecule has 0 bridgehead atoms. The van der Waals surface area contributed by atoms with Crippen molar-refractivity contribution in [2.75, 3.05) is 0 Å². The molecular formula is C26H42O2. The number of hydrogen-bond donors (Lipinski definition) is 1. The van der Waals surface area contributed by atoms with Crippen LogP contribution in [0.1, 0.15) is 120 Å². The number of rotatable bonds is 16. The van der Waals surface area contributed by atoms with Crippen molar-refractivity contribution in [3.63, 3.8) is 0 Å². The van der Waals surface area contributed by atoms with E-state index in [0.717, 1.165) is 12.0 Å². The molecule has 0 spiro atoms. The second-order valence-corrected chi connectivity index (χ2v) is 8.89. The minimum atomic E-state index is 0.196. The van der Waals surface area contributed by atoms with Crippen LogP contribution >= 0.6 is 0 Å². The fraction of sp³-hybridized carbons (Fsp3) is 0.731. The van der Waals surface area contributed by atoms with Gasteiger partial charge in [-0.05, 0) is 49.4 Å². The van der Waals surface area contributed by atoms with Crippen molar-refractivity contribution in [2.45, 2.75) is 110 Å². The molecule has 1 saturated carbocycles. The molecule has 1 atom stereocenters. The number of carbonyl (C=O) groups is 1. The number of aromatic hydroxyl groups is 1. The lowest BCUT2D eigenvalue weighted by Crippen LogP contribution is -2.29. The van der Waals surface area contributed by atoms with Crippen molar-refractivity contribution < 1.29 is 9.90 Å². The number of carbonyl (C=O) groups excluding carboxylic acids is 1. The van der Waals surface area contributed by atoms with Gasteiger partial charge >= 0.3 is 0 Å². The first-order chi connectivity index (χ1) is 13.7. The van der Waals surface area contributed by atoms with Crippen LogP contribution in [0.3, 0.4) is 0 Å². The number of Topliss-reactive ketones (excluding diaryl/α,β-unsaturated/α-hetero) is 1. The first-order valence-corrected chi connectivity index (χ1v) is 12.1. The van der Waals surface area contributed by atoms with Gasteiger partial charge in [0.2, 0.25) is 0 Å². The summed E-state index contributed by atoms with van der Waals surface area (Å²) in [6.45, 7) is 2.28. The van der Waals surface area contributed by atoms with Crippen LogP contribution in [0.2, 0.25) is 0 Å². The molecule has 2 nitrogen and oxygen atoms in total. The maximum Gasteiger partial charge on any atom is 0.166 e. The first-order valence-electron chi connectivity index (χ1n) is 12.1. The fourth-order valence-electron chi connectivity index (χ4n) is 4.47. The van der Waals surface area contributed by atoms with Crippen LogP contribution in [-0.4, -0.2) is 10.9 Å². The Balaban J connectivity index is 1.57. The SMILES string of the molecule is CCCCCCCCCCCCCCC(C(=O)c1ccc(O)cc1)C1CCC1. The van der Waals surface area contributed by atoms with Crippen LogP contribution < -0.4 is 0 Å². The van der Waals surface area contributed by atoms with E-state index in [9.17, 15) is 9.90 Å². The lowest BCUT2D eigenvalue weighted by atomic mass is 9.71. The molecule has 0 heterocycles. The van der Waals surface area contributed by atoms with Gasteiger partial charge in [0, 0.05) is 11.5 Å². The average molecular weight is 387 g/mol. The molecule has 1 N–H and O–H groups in total. The fourth-order valence-corrected chi connectivity index (χ4v) is 4.47. The third-order valence-corrected chi connectivity index (χ3v) is 6.58. The summed E-state index contributed by atoms with van der Waals surface area (Å²) in [5.74, 6) is 1.32. The van der Waals surface area contributed by atoms with Gasteiger partial charge in [0.1, 0.15) is 5.75 Å². The van der Waals surface area contributed by atoms with E-state index in [0.29, 0.717) is 11.7 Å². The van der Waals surface area contributed by atoms with Crippen molar-refractivity contribution in [2.24, 2.45) is 11.8 Å². The minimum absolute atomic E-state index is 0.196. The molecule has 28 heavy (non-hydrogen) atoms. The molecule has 1 aliphatic carbocycles. The van der Waals surface area contributed by atoms with Gasteiger partial charge < -0.3 is 5.11 Å². The number of hydrogen-bond acceptors (Lipinski definition) is 2. The first kappa shape index (κ1) is 23.0. The zero-order valence-electron chi connectivity index (χ0n) is 18.1. The van der Waals surface area contributed by atoms with Crippen LogP contribution in [-0.2, 0) is 0 Å². The molecule has 2 heteroatoms. The summed E-state index contributed by atoms with van der Waals surface area (Å²) in [6.07, 6.45) is 21.1. The van der Waals surface area contributed by atoms with Crippen molar-refractivity contribution in [3.8, 4) is 5.75 Å². The van der Waals surface area contributed by atoms with Crippen LogP contribution in [0.5, 0.6) is 5.75 Å². The molecule has 0 amide bonds. The van der Waals surface area contributed by atoms with E-state index in [1.807, 2.05) is 0 Å². The van der Waals surface area contributed by atoms with Crippen molar-refractivity contribution in [1.82, 2.24) is 0 Å². The van der Waals surface area contributed by atoms with E-state index in [-0.39, 0.29) is 11.7 Å². The zero-order valence-corrected chi connectivity index (χ0v) is 18.1. The van der Waals surface area contributed by atoms with Gasteiger partial charge in [-0.3, -0.25) is 4.79 Å². The highest BCUT2D eigenvalue weighted by molar-refractivity contribution is 5.98. The van der Waals surface area contributed by atoms with E-state index >= 15 is 0 Å². The lowest BCUT2D eigenvalue weighted by Gasteiger charge is -2.33. The molecule has 1 aliphatic rings. The zero-order chi connectivity index (χ0) is 20.0. The Bertz CT molecular complexity index is 530. The number of benzene rings is 1. The monoisotopic (exact) mass is 386 g/mol. The van der Waals surface area contributed by atoms with E-state index < -0.39 is 0 Å². The summed E-state index contributed by atoms with van der Waals surface area (Å²) in [5, 5.41) is 9.46. The number of unbranched alkanes of at least 4 members (excludes halogenated alkanes) is 11. The molecule has 1 fully saturated rings. The molecule has 1 aromatic rings. The molecule has 1 unspecified atom stereocenters. The van der Waals surface area contributed by atoms with E-state index in [4.69, 9.17) is 0 Å². The molecule has 2 rings (SSSR count). The quantitative estimate of drug-likeness (QED) is 0.230. The van der Waals surface area contributed by atoms with Gasteiger partial charge in [-0.1, -0.05) is 90.4 Å². The largest absolute Gasteiger partial charge is 0.508 e. The van der Waals surface area contributed by atoms with Gasteiger partial charge in [-0.25, -0.2) is 0 Å². The summed E-state index contributed by atoms with van der Waals surface area (Å²) >= 11 is 0. The molecule has 0 radical (unpaired) electrons. The molecule has 0 aromatic heterocycles. The summed E-state index contributed by atoms with van der Waals surface area (Å²) in [7, 11) is 0. The number of phenolic OH excluding ortho intramolecular Hbond substituents is 1. The van der Waals surface area contributed by atoms with Gasteiger partial charge in [0.15, 0.2) is 5.78 Å².